The summed E-state index contributed by atoms with van der Waals surface area (Å²) in [5, 5.41) is 10.9. The van der Waals surface area contributed by atoms with E-state index in [0.717, 1.165) is 37.4 Å². The maximum absolute atomic E-state index is 13.6. The van der Waals surface area contributed by atoms with Crippen molar-refractivity contribution in [1.82, 2.24) is 15.6 Å². The van der Waals surface area contributed by atoms with Gasteiger partial charge in [0.15, 0.2) is 11.3 Å². The number of ether oxygens (including phenoxy) is 1. The second-order valence-electron chi connectivity index (χ2n) is 7.18. The molecule has 1 aromatic heterocycles. The van der Waals surface area contributed by atoms with Gasteiger partial charge in [-0.2, -0.15) is 0 Å². The lowest BCUT2D eigenvalue weighted by Gasteiger charge is -2.36. The van der Waals surface area contributed by atoms with E-state index in [1.165, 1.54) is 10.4 Å². The van der Waals surface area contributed by atoms with Crippen LogP contribution in [0, 0.1) is 6.92 Å². The molecule has 0 bridgehead atoms. The third-order valence-electron chi connectivity index (χ3n) is 5.28. The van der Waals surface area contributed by atoms with Crippen LogP contribution in [0.15, 0.2) is 39.9 Å². The lowest BCUT2D eigenvalue weighted by molar-refractivity contribution is 0.314. The Morgan fingerprint density at radius 1 is 1.07 bits per heavy atom. The van der Waals surface area contributed by atoms with Gasteiger partial charge in [-0.3, -0.25) is 4.31 Å². The number of nitrogens with one attached hydrogen (secondary N) is 1. The van der Waals surface area contributed by atoms with Gasteiger partial charge in [-0.1, -0.05) is 6.07 Å². The van der Waals surface area contributed by atoms with Crippen molar-refractivity contribution in [2.45, 2.75) is 11.8 Å². The summed E-state index contributed by atoms with van der Waals surface area (Å²) in [6.45, 7) is 5.92. The van der Waals surface area contributed by atoms with Crippen LogP contribution in [0.25, 0.3) is 11.0 Å². The van der Waals surface area contributed by atoms with Gasteiger partial charge in [0.2, 0.25) is 0 Å². The minimum Gasteiger partial charge on any atom is -0.487 e. The molecule has 0 unspecified atom stereocenters. The van der Waals surface area contributed by atoms with Crippen molar-refractivity contribution in [3.63, 3.8) is 0 Å². The van der Waals surface area contributed by atoms with Crippen LogP contribution in [0.3, 0.4) is 0 Å². The normalized spacial score (nSPS) is 17.3. The minimum absolute atomic E-state index is 0.0781. The number of anilines is 2. The van der Waals surface area contributed by atoms with E-state index in [-0.39, 0.29) is 23.6 Å². The Kier molecular flexibility index (Phi) is 4.32. The molecule has 2 aliphatic heterocycles. The zero-order valence-corrected chi connectivity index (χ0v) is 16.8. The van der Waals surface area contributed by atoms with Crippen LogP contribution in [0.5, 0.6) is 5.75 Å². The average molecular weight is 415 g/mol. The molecule has 2 aliphatic rings. The number of rotatable bonds is 3. The Morgan fingerprint density at radius 3 is 2.69 bits per heavy atom. The van der Waals surface area contributed by atoms with Crippen LogP contribution in [0.4, 0.5) is 11.4 Å². The topological polar surface area (TPSA) is 101 Å². The predicted octanol–water partition coefficient (Wildman–Crippen LogP) is 1.53. The van der Waals surface area contributed by atoms with Gasteiger partial charge in [-0.05, 0) is 47.1 Å². The molecule has 0 spiro atoms. The first-order chi connectivity index (χ1) is 14.1. The van der Waals surface area contributed by atoms with E-state index < -0.39 is 10.0 Å². The fourth-order valence-corrected chi connectivity index (χ4v) is 5.50. The number of piperazine rings is 1. The van der Waals surface area contributed by atoms with Gasteiger partial charge < -0.3 is 15.0 Å². The molecule has 3 heterocycles. The van der Waals surface area contributed by atoms with E-state index >= 15 is 0 Å². The summed E-state index contributed by atoms with van der Waals surface area (Å²) in [5.41, 5.74) is 3.10. The second-order valence-corrected chi connectivity index (χ2v) is 9.01. The van der Waals surface area contributed by atoms with E-state index in [1.807, 2.05) is 13.0 Å². The lowest BCUT2D eigenvalue weighted by Crippen LogP contribution is -2.44. The van der Waals surface area contributed by atoms with Crippen molar-refractivity contribution >= 4 is 32.4 Å². The summed E-state index contributed by atoms with van der Waals surface area (Å²) in [4.78, 5) is 2.31. The van der Waals surface area contributed by atoms with Crippen molar-refractivity contribution in [1.29, 1.82) is 0 Å². The van der Waals surface area contributed by atoms with Gasteiger partial charge in [-0.15, -0.1) is 0 Å². The predicted molar refractivity (Wildman–Crippen MR) is 108 cm³/mol. The number of hydrogen-bond donors (Lipinski definition) is 1. The number of aryl methyl sites for hydroxylation is 1. The van der Waals surface area contributed by atoms with E-state index in [4.69, 9.17) is 9.37 Å². The maximum atomic E-state index is 13.6. The molecule has 5 rings (SSSR count). The van der Waals surface area contributed by atoms with Gasteiger partial charge in [-0.25, -0.2) is 13.0 Å². The van der Waals surface area contributed by atoms with E-state index in [0.29, 0.717) is 17.0 Å². The highest BCUT2D eigenvalue weighted by Crippen LogP contribution is 2.44. The number of benzene rings is 2. The first kappa shape index (κ1) is 18.2. The van der Waals surface area contributed by atoms with Crippen molar-refractivity contribution < 1.29 is 17.8 Å². The van der Waals surface area contributed by atoms with Gasteiger partial charge in [0, 0.05) is 26.2 Å². The Labute approximate surface area is 168 Å². The van der Waals surface area contributed by atoms with Crippen LogP contribution in [-0.2, 0) is 10.0 Å². The smallest absolute Gasteiger partial charge is 0.266 e. The van der Waals surface area contributed by atoms with Gasteiger partial charge in [0.05, 0.1) is 17.9 Å². The number of sulfonamides is 1. The Hall–Kier alpha value is -2.85. The summed E-state index contributed by atoms with van der Waals surface area (Å²) < 4.78 is 39.3. The molecule has 0 radical (unpaired) electrons. The average Bonchev–Trinajstić information content (AvgIpc) is 3.22. The fraction of sp³-hybridized carbons (Fsp3) is 0.368. The Bertz CT molecular complexity index is 1170. The molecule has 3 aromatic rings. The zero-order valence-electron chi connectivity index (χ0n) is 16.0. The summed E-state index contributed by atoms with van der Waals surface area (Å²) >= 11 is 0. The third-order valence-corrected chi connectivity index (χ3v) is 7.12. The van der Waals surface area contributed by atoms with E-state index in [9.17, 15) is 8.42 Å². The number of hydrogen-bond acceptors (Lipinski definition) is 8. The van der Waals surface area contributed by atoms with E-state index in [2.05, 4.69) is 26.6 Å². The number of fused-ring (bicyclic) bond motifs is 2. The quantitative estimate of drug-likeness (QED) is 0.687. The Morgan fingerprint density at radius 2 is 1.86 bits per heavy atom. The number of nitrogens with zero attached hydrogens (tertiary/aromatic N) is 4. The summed E-state index contributed by atoms with van der Waals surface area (Å²) in [6.07, 6.45) is 0. The molecule has 0 atom stereocenters. The summed E-state index contributed by atoms with van der Waals surface area (Å²) in [6, 6.07) is 8.76. The van der Waals surface area contributed by atoms with Crippen molar-refractivity contribution in [2.24, 2.45) is 0 Å². The molecule has 1 N–H and O–H groups in total. The van der Waals surface area contributed by atoms with Crippen LogP contribution in [0.1, 0.15) is 5.56 Å². The van der Waals surface area contributed by atoms with E-state index in [1.54, 1.807) is 12.1 Å². The van der Waals surface area contributed by atoms with Crippen LogP contribution < -0.4 is 19.3 Å². The van der Waals surface area contributed by atoms with Crippen molar-refractivity contribution in [3.05, 3.63) is 35.9 Å². The SMILES string of the molecule is Cc1cc(N2CCNCC2)c2c(c1)N(S(=O)(=O)c1cccc3nonc13)CCO2. The van der Waals surface area contributed by atoms with Crippen LogP contribution in [0.2, 0.25) is 0 Å². The summed E-state index contributed by atoms with van der Waals surface area (Å²) in [5.74, 6) is 0.609. The van der Waals surface area contributed by atoms with Crippen molar-refractivity contribution in [3.8, 4) is 5.75 Å². The highest BCUT2D eigenvalue weighted by atomic mass is 32.2. The minimum atomic E-state index is -3.88. The van der Waals surface area contributed by atoms with Gasteiger partial charge in [0.1, 0.15) is 17.0 Å². The van der Waals surface area contributed by atoms with Crippen molar-refractivity contribution in [2.75, 3.05) is 48.5 Å². The molecule has 0 aliphatic carbocycles. The second kappa shape index (κ2) is 6.89. The zero-order chi connectivity index (χ0) is 20.0. The Balaban J connectivity index is 1.64. The van der Waals surface area contributed by atoms with Gasteiger partial charge >= 0.3 is 0 Å². The molecule has 1 saturated heterocycles. The molecule has 10 heteroatoms. The van der Waals surface area contributed by atoms with Gasteiger partial charge in [0.25, 0.3) is 10.0 Å². The molecule has 152 valence electrons. The molecular weight excluding hydrogens is 394 g/mol. The van der Waals surface area contributed by atoms with Crippen LogP contribution in [-0.4, -0.2) is 58.1 Å². The third kappa shape index (κ3) is 2.99. The lowest BCUT2D eigenvalue weighted by atomic mass is 10.1. The highest BCUT2D eigenvalue weighted by molar-refractivity contribution is 7.93. The van der Waals surface area contributed by atoms with Crippen LogP contribution >= 0.6 is 0 Å². The molecule has 29 heavy (non-hydrogen) atoms. The highest BCUT2D eigenvalue weighted by Gasteiger charge is 2.34. The maximum Gasteiger partial charge on any atom is 0.266 e. The molecule has 1 fully saturated rings. The summed E-state index contributed by atoms with van der Waals surface area (Å²) in [7, 11) is -3.88. The molecule has 2 aromatic carbocycles. The molecule has 0 amide bonds. The molecular formula is C19H21N5O4S. The first-order valence-corrected chi connectivity index (χ1v) is 11.0. The standard InChI is InChI=1S/C19H21N5O4S/c1-13-11-15(23-7-5-20-6-8-23)19-16(12-13)24(9-10-27-19)29(25,26)17-4-2-3-14-18(17)22-28-21-14/h2-4,11-12,20H,5-10H2,1H3. The first-order valence-electron chi connectivity index (χ1n) is 9.53. The molecule has 9 nitrogen and oxygen atoms in total. The largest absolute Gasteiger partial charge is 0.487 e. The monoisotopic (exact) mass is 415 g/mol. The fourth-order valence-electron chi connectivity index (χ4n) is 3.92. The molecule has 0 saturated carbocycles. The number of aromatic nitrogens is 2.